The Bertz CT molecular complexity index is 965. The molecule has 1 amide bonds. The van der Waals surface area contributed by atoms with Crippen LogP contribution in [0.25, 0.3) is 6.08 Å². The van der Waals surface area contributed by atoms with E-state index in [-0.39, 0.29) is 11.3 Å². The predicted molar refractivity (Wildman–Crippen MR) is 124 cm³/mol. The summed E-state index contributed by atoms with van der Waals surface area (Å²) in [6.07, 6.45) is 5.46. The number of carboxylic acid groups (broad SMARTS) is 1. The van der Waals surface area contributed by atoms with Crippen LogP contribution in [-0.4, -0.2) is 55.2 Å². The number of rotatable bonds is 9. The molecule has 0 unspecified atom stereocenters. The van der Waals surface area contributed by atoms with Crippen molar-refractivity contribution in [2.24, 2.45) is 5.92 Å². The first-order chi connectivity index (χ1) is 15.5. The van der Waals surface area contributed by atoms with E-state index in [1.165, 1.54) is 25.0 Å². The zero-order valence-corrected chi connectivity index (χ0v) is 18.5. The van der Waals surface area contributed by atoms with Crippen LogP contribution in [-0.2, 0) is 4.79 Å². The Morgan fingerprint density at radius 3 is 2.62 bits per heavy atom. The summed E-state index contributed by atoms with van der Waals surface area (Å²) in [6, 6.07) is 11.7. The lowest BCUT2D eigenvalue weighted by Gasteiger charge is -2.30. The number of ether oxygens (including phenoxy) is 2. The molecule has 0 radical (unpaired) electrons. The lowest BCUT2D eigenvalue weighted by Crippen LogP contribution is -2.35. The van der Waals surface area contributed by atoms with E-state index in [1.54, 1.807) is 37.5 Å². The van der Waals surface area contributed by atoms with E-state index >= 15 is 0 Å². The number of hydrogen-bond acceptors (Lipinski definition) is 5. The predicted octanol–water partition coefficient (Wildman–Crippen LogP) is 4.16. The zero-order valence-electron chi connectivity index (χ0n) is 18.5. The summed E-state index contributed by atoms with van der Waals surface area (Å²) in [7, 11) is 1.58. The van der Waals surface area contributed by atoms with Gasteiger partial charge in [0.2, 0.25) is 5.91 Å². The summed E-state index contributed by atoms with van der Waals surface area (Å²) in [5, 5.41) is 11.8. The molecule has 1 fully saturated rings. The number of carboxylic acids is 1. The summed E-state index contributed by atoms with van der Waals surface area (Å²) in [6.45, 7) is 6.00. The first-order valence-corrected chi connectivity index (χ1v) is 10.8. The number of likely N-dealkylation sites (tertiary alicyclic amines) is 1. The van der Waals surface area contributed by atoms with Gasteiger partial charge in [0.25, 0.3) is 0 Å². The molecule has 2 aromatic carbocycles. The highest BCUT2D eigenvalue weighted by Gasteiger charge is 2.15. The summed E-state index contributed by atoms with van der Waals surface area (Å²) >= 11 is 0. The molecule has 1 aliphatic heterocycles. The average molecular weight is 439 g/mol. The Hall–Kier alpha value is -3.32. The van der Waals surface area contributed by atoms with Gasteiger partial charge in [-0.25, -0.2) is 4.79 Å². The molecular weight excluding hydrogens is 408 g/mol. The van der Waals surface area contributed by atoms with Gasteiger partial charge in [0.1, 0.15) is 6.61 Å². The van der Waals surface area contributed by atoms with Crippen molar-refractivity contribution in [3.8, 4) is 11.5 Å². The number of para-hydroxylation sites is 1. The maximum Gasteiger partial charge on any atom is 0.337 e. The summed E-state index contributed by atoms with van der Waals surface area (Å²) < 4.78 is 11.4. The van der Waals surface area contributed by atoms with E-state index in [0.29, 0.717) is 18.1 Å². The largest absolute Gasteiger partial charge is 0.493 e. The normalized spacial score (nSPS) is 14.9. The van der Waals surface area contributed by atoms with Gasteiger partial charge >= 0.3 is 5.97 Å². The van der Waals surface area contributed by atoms with Crippen LogP contribution in [0.2, 0.25) is 0 Å². The van der Waals surface area contributed by atoms with Gasteiger partial charge in [0.05, 0.1) is 18.4 Å². The standard InChI is InChI=1S/C25H30N2O5/c1-18-11-13-27(14-12-18)15-16-32-22-9-7-19(17-23(22)31-2)8-10-24(28)26-21-6-4-3-5-20(21)25(29)30/h3-10,17-18H,11-16H2,1-2H3,(H,26,28)(H,29,30)/b10-8+. The lowest BCUT2D eigenvalue weighted by molar-refractivity contribution is -0.111. The van der Waals surface area contributed by atoms with Gasteiger partial charge < -0.3 is 19.9 Å². The Labute approximate surface area is 188 Å². The SMILES string of the molecule is COc1cc(/C=C/C(=O)Nc2ccccc2C(=O)O)ccc1OCCN1CCC(C)CC1. The average Bonchev–Trinajstić information content (AvgIpc) is 2.79. The molecule has 0 spiro atoms. The molecule has 32 heavy (non-hydrogen) atoms. The number of anilines is 1. The molecule has 1 aliphatic rings. The van der Waals surface area contributed by atoms with Crippen molar-refractivity contribution in [3.05, 3.63) is 59.7 Å². The Kier molecular flexibility index (Phi) is 8.27. The number of aromatic carboxylic acids is 1. The lowest BCUT2D eigenvalue weighted by atomic mass is 9.99. The number of nitrogens with one attached hydrogen (secondary N) is 1. The minimum Gasteiger partial charge on any atom is -0.493 e. The fourth-order valence-corrected chi connectivity index (χ4v) is 3.60. The van der Waals surface area contributed by atoms with Crippen molar-refractivity contribution in [2.45, 2.75) is 19.8 Å². The molecule has 1 saturated heterocycles. The third-order valence-corrected chi connectivity index (χ3v) is 5.57. The van der Waals surface area contributed by atoms with Crippen LogP contribution in [0.3, 0.4) is 0 Å². The second-order valence-corrected chi connectivity index (χ2v) is 7.96. The number of benzene rings is 2. The number of nitrogens with zero attached hydrogens (tertiary/aromatic N) is 1. The minimum atomic E-state index is -1.10. The molecule has 170 valence electrons. The van der Waals surface area contributed by atoms with Crippen LogP contribution >= 0.6 is 0 Å². The highest BCUT2D eigenvalue weighted by molar-refractivity contribution is 6.06. The van der Waals surface area contributed by atoms with E-state index in [2.05, 4.69) is 17.1 Å². The van der Waals surface area contributed by atoms with Crippen molar-refractivity contribution >= 4 is 23.6 Å². The van der Waals surface area contributed by atoms with Gasteiger partial charge in [-0.05, 0) is 67.8 Å². The molecule has 0 aromatic heterocycles. The van der Waals surface area contributed by atoms with Crippen LogP contribution in [0.1, 0.15) is 35.7 Å². The molecule has 1 heterocycles. The van der Waals surface area contributed by atoms with Crippen molar-refractivity contribution in [1.29, 1.82) is 0 Å². The van der Waals surface area contributed by atoms with Gasteiger partial charge in [-0.2, -0.15) is 0 Å². The first kappa shape index (κ1) is 23.3. The molecule has 0 aliphatic carbocycles. The molecule has 2 aromatic rings. The molecular formula is C25H30N2O5. The monoisotopic (exact) mass is 438 g/mol. The smallest absolute Gasteiger partial charge is 0.337 e. The third kappa shape index (κ3) is 6.59. The Morgan fingerprint density at radius 1 is 1.16 bits per heavy atom. The quantitative estimate of drug-likeness (QED) is 0.572. The second kappa shape index (κ2) is 11.3. The van der Waals surface area contributed by atoms with Gasteiger partial charge in [0, 0.05) is 12.6 Å². The fourth-order valence-electron chi connectivity index (χ4n) is 3.60. The topological polar surface area (TPSA) is 88.1 Å². The van der Waals surface area contributed by atoms with E-state index < -0.39 is 11.9 Å². The zero-order chi connectivity index (χ0) is 22.9. The maximum atomic E-state index is 12.2. The van der Waals surface area contributed by atoms with Crippen molar-refractivity contribution in [3.63, 3.8) is 0 Å². The van der Waals surface area contributed by atoms with Crippen LogP contribution in [0.5, 0.6) is 11.5 Å². The number of carbonyl (C=O) groups is 2. The first-order valence-electron chi connectivity index (χ1n) is 10.8. The van der Waals surface area contributed by atoms with Crippen LogP contribution in [0.4, 0.5) is 5.69 Å². The number of methoxy groups -OCH3 is 1. The minimum absolute atomic E-state index is 0.0384. The number of carbonyl (C=O) groups excluding carboxylic acids is 1. The highest BCUT2D eigenvalue weighted by Crippen LogP contribution is 2.28. The molecule has 7 heteroatoms. The number of hydrogen-bond donors (Lipinski definition) is 2. The fraction of sp³-hybridized carbons (Fsp3) is 0.360. The van der Waals surface area contributed by atoms with Crippen LogP contribution in [0.15, 0.2) is 48.5 Å². The Balaban J connectivity index is 1.56. The van der Waals surface area contributed by atoms with Crippen molar-refractivity contribution < 1.29 is 24.2 Å². The van der Waals surface area contributed by atoms with E-state index in [9.17, 15) is 14.7 Å². The van der Waals surface area contributed by atoms with Crippen molar-refractivity contribution in [1.82, 2.24) is 4.90 Å². The van der Waals surface area contributed by atoms with Crippen molar-refractivity contribution in [2.75, 3.05) is 38.7 Å². The van der Waals surface area contributed by atoms with Crippen LogP contribution in [0, 0.1) is 5.92 Å². The summed E-state index contributed by atoms with van der Waals surface area (Å²) in [4.78, 5) is 25.9. The maximum absolute atomic E-state index is 12.2. The van der Waals surface area contributed by atoms with Gasteiger partial charge in [-0.3, -0.25) is 9.69 Å². The number of amides is 1. The highest BCUT2D eigenvalue weighted by atomic mass is 16.5. The molecule has 2 N–H and O–H groups in total. The number of piperidine rings is 1. The molecule has 3 rings (SSSR count). The van der Waals surface area contributed by atoms with Gasteiger partial charge in [-0.1, -0.05) is 25.1 Å². The van der Waals surface area contributed by atoms with E-state index in [4.69, 9.17) is 9.47 Å². The summed E-state index contributed by atoms with van der Waals surface area (Å²) in [5.41, 5.74) is 1.05. The molecule has 0 atom stereocenters. The third-order valence-electron chi connectivity index (χ3n) is 5.57. The van der Waals surface area contributed by atoms with Crippen LogP contribution < -0.4 is 14.8 Å². The second-order valence-electron chi connectivity index (χ2n) is 7.96. The molecule has 0 saturated carbocycles. The van der Waals surface area contributed by atoms with E-state index in [1.807, 2.05) is 12.1 Å². The Morgan fingerprint density at radius 2 is 1.91 bits per heavy atom. The molecule has 0 bridgehead atoms. The summed E-state index contributed by atoms with van der Waals surface area (Å²) in [5.74, 6) is 0.543. The molecule has 7 nitrogen and oxygen atoms in total. The van der Waals surface area contributed by atoms with E-state index in [0.717, 1.165) is 31.1 Å². The van der Waals surface area contributed by atoms with Gasteiger partial charge in [-0.15, -0.1) is 0 Å². The van der Waals surface area contributed by atoms with Gasteiger partial charge in [0.15, 0.2) is 11.5 Å².